The van der Waals surface area contributed by atoms with E-state index in [0.717, 1.165) is 0 Å². The van der Waals surface area contributed by atoms with Crippen LogP contribution in [0.1, 0.15) is 25.8 Å². The second-order valence-electron chi connectivity index (χ2n) is 5.03. The third kappa shape index (κ3) is 3.23. The van der Waals surface area contributed by atoms with Crippen LogP contribution in [0.5, 0.6) is 0 Å². The van der Waals surface area contributed by atoms with Gasteiger partial charge in [-0.05, 0) is 44.9 Å². The van der Waals surface area contributed by atoms with Crippen molar-refractivity contribution < 1.29 is 8.42 Å². The van der Waals surface area contributed by atoms with Crippen LogP contribution >= 0.6 is 0 Å². The van der Waals surface area contributed by atoms with E-state index < -0.39 is 15.3 Å². The molecule has 0 heterocycles. The van der Waals surface area contributed by atoms with Gasteiger partial charge in [-0.25, -0.2) is 8.42 Å². The Hall–Kier alpha value is -1.54. The van der Waals surface area contributed by atoms with Crippen LogP contribution < -0.4 is 5.73 Å². The van der Waals surface area contributed by atoms with Gasteiger partial charge >= 0.3 is 0 Å². The molecule has 0 unspecified atom stereocenters. The summed E-state index contributed by atoms with van der Waals surface area (Å²) in [7, 11) is -3.39. The van der Waals surface area contributed by atoms with Crippen molar-refractivity contribution in [2.45, 2.75) is 32.1 Å². The highest BCUT2D eigenvalue weighted by molar-refractivity contribution is 7.91. The van der Waals surface area contributed by atoms with Gasteiger partial charge in [-0.1, -0.05) is 6.07 Å². The molecule has 0 radical (unpaired) electrons. The zero-order valence-corrected chi connectivity index (χ0v) is 11.7. The molecule has 1 aromatic rings. The summed E-state index contributed by atoms with van der Waals surface area (Å²) >= 11 is 0. The lowest BCUT2D eigenvalue weighted by Gasteiger charge is -2.15. The van der Waals surface area contributed by atoms with Crippen molar-refractivity contribution in [2.75, 3.05) is 11.5 Å². The standard InChI is InChI=1S/C13H18N2O2S/c1-10-11(15)5-4-6-12(10)18(16,17)8-7-13(2,3)9-14/h4-6H,7-8,15H2,1-3H3. The number of anilines is 1. The first-order valence-corrected chi connectivity index (χ1v) is 7.34. The van der Waals surface area contributed by atoms with Crippen LogP contribution in [0.15, 0.2) is 23.1 Å². The van der Waals surface area contributed by atoms with Gasteiger partial charge in [0.15, 0.2) is 9.84 Å². The van der Waals surface area contributed by atoms with E-state index in [1.807, 2.05) is 0 Å². The molecule has 0 saturated carbocycles. The summed E-state index contributed by atoms with van der Waals surface area (Å²) in [6.07, 6.45) is 0.306. The molecule has 0 spiro atoms. The number of nitrogen functional groups attached to an aromatic ring is 1. The fraction of sp³-hybridized carbons (Fsp3) is 0.462. The number of nitrogens with zero attached hydrogens (tertiary/aromatic N) is 1. The molecule has 2 N–H and O–H groups in total. The van der Waals surface area contributed by atoms with Crippen molar-refractivity contribution in [1.29, 1.82) is 5.26 Å². The number of sulfone groups is 1. The summed E-state index contributed by atoms with van der Waals surface area (Å²) in [5.74, 6) is -0.0438. The molecule has 0 fully saturated rings. The third-order valence-electron chi connectivity index (χ3n) is 2.96. The van der Waals surface area contributed by atoms with Crippen molar-refractivity contribution in [3.63, 3.8) is 0 Å². The lowest BCUT2D eigenvalue weighted by molar-refractivity contribution is 0.473. The largest absolute Gasteiger partial charge is 0.398 e. The third-order valence-corrected chi connectivity index (χ3v) is 4.81. The lowest BCUT2D eigenvalue weighted by Crippen LogP contribution is -2.17. The van der Waals surface area contributed by atoms with Crippen LogP contribution in [0.2, 0.25) is 0 Å². The fourth-order valence-electron chi connectivity index (χ4n) is 1.52. The van der Waals surface area contributed by atoms with Gasteiger partial charge in [0.1, 0.15) is 0 Å². The van der Waals surface area contributed by atoms with Gasteiger partial charge < -0.3 is 5.73 Å². The molecule has 4 nitrogen and oxygen atoms in total. The minimum Gasteiger partial charge on any atom is -0.398 e. The summed E-state index contributed by atoms with van der Waals surface area (Å²) in [5, 5.41) is 8.90. The highest BCUT2D eigenvalue weighted by Gasteiger charge is 2.24. The molecule has 0 bridgehead atoms. The first-order chi connectivity index (χ1) is 8.19. The van der Waals surface area contributed by atoms with E-state index in [0.29, 0.717) is 17.7 Å². The van der Waals surface area contributed by atoms with Crippen molar-refractivity contribution in [2.24, 2.45) is 5.41 Å². The molecular weight excluding hydrogens is 248 g/mol. The predicted molar refractivity (Wildman–Crippen MR) is 71.7 cm³/mol. The van der Waals surface area contributed by atoms with Crippen molar-refractivity contribution in [3.05, 3.63) is 23.8 Å². The summed E-state index contributed by atoms with van der Waals surface area (Å²) in [4.78, 5) is 0.260. The van der Waals surface area contributed by atoms with E-state index in [4.69, 9.17) is 11.0 Å². The Morgan fingerprint density at radius 1 is 1.39 bits per heavy atom. The van der Waals surface area contributed by atoms with Gasteiger partial charge in [-0.15, -0.1) is 0 Å². The van der Waals surface area contributed by atoms with E-state index in [-0.39, 0.29) is 10.6 Å². The SMILES string of the molecule is Cc1c(N)cccc1S(=O)(=O)CCC(C)(C)C#N. The summed E-state index contributed by atoms with van der Waals surface area (Å²) in [6, 6.07) is 6.96. The summed E-state index contributed by atoms with van der Waals surface area (Å²) < 4.78 is 24.4. The topological polar surface area (TPSA) is 84.0 Å². The maximum absolute atomic E-state index is 12.2. The highest BCUT2D eigenvalue weighted by Crippen LogP contribution is 2.25. The maximum atomic E-state index is 12.2. The number of benzene rings is 1. The first-order valence-electron chi connectivity index (χ1n) is 5.69. The van der Waals surface area contributed by atoms with E-state index in [9.17, 15) is 8.42 Å². The Morgan fingerprint density at radius 2 is 2.00 bits per heavy atom. The van der Waals surface area contributed by atoms with Crippen LogP contribution in [0.25, 0.3) is 0 Å². The minimum atomic E-state index is -3.39. The molecule has 0 atom stereocenters. The van der Waals surface area contributed by atoms with Crippen LogP contribution in [-0.4, -0.2) is 14.2 Å². The first kappa shape index (κ1) is 14.5. The van der Waals surface area contributed by atoms with Crippen LogP contribution in [-0.2, 0) is 9.84 Å². The molecule has 1 rings (SSSR count). The second-order valence-corrected chi connectivity index (χ2v) is 7.11. The van der Waals surface area contributed by atoms with E-state index in [1.165, 1.54) is 0 Å². The molecule has 5 heteroatoms. The summed E-state index contributed by atoms with van der Waals surface area (Å²) in [6.45, 7) is 5.15. The predicted octanol–water partition coefficient (Wildman–Crippen LogP) is 2.29. The smallest absolute Gasteiger partial charge is 0.178 e. The van der Waals surface area contributed by atoms with Crippen molar-refractivity contribution in [3.8, 4) is 6.07 Å². The molecule has 0 saturated heterocycles. The van der Waals surface area contributed by atoms with Gasteiger partial charge in [0.05, 0.1) is 22.1 Å². The van der Waals surface area contributed by atoms with Crippen LogP contribution in [0.4, 0.5) is 5.69 Å². The average Bonchev–Trinajstić information content (AvgIpc) is 2.30. The minimum absolute atomic E-state index is 0.0438. The summed E-state index contributed by atoms with van der Waals surface area (Å²) in [5.41, 5.74) is 6.12. The van der Waals surface area contributed by atoms with Crippen molar-refractivity contribution >= 4 is 15.5 Å². The lowest BCUT2D eigenvalue weighted by atomic mass is 9.93. The van der Waals surface area contributed by atoms with E-state index in [1.54, 1.807) is 39.0 Å². The highest BCUT2D eigenvalue weighted by atomic mass is 32.2. The molecular formula is C13H18N2O2S. The van der Waals surface area contributed by atoms with Gasteiger partial charge in [0.2, 0.25) is 0 Å². The molecule has 1 aromatic carbocycles. The Labute approximate surface area is 108 Å². The molecule has 0 amide bonds. The van der Waals surface area contributed by atoms with Gasteiger partial charge in [0.25, 0.3) is 0 Å². The maximum Gasteiger partial charge on any atom is 0.178 e. The molecule has 0 aliphatic carbocycles. The number of hydrogen-bond donors (Lipinski definition) is 1. The Kier molecular flexibility index (Phi) is 4.02. The normalized spacial score (nSPS) is 12.1. The zero-order valence-electron chi connectivity index (χ0n) is 10.9. The van der Waals surface area contributed by atoms with Gasteiger partial charge in [0, 0.05) is 5.69 Å². The van der Waals surface area contributed by atoms with Gasteiger partial charge in [-0.2, -0.15) is 5.26 Å². The number of hydrogen-bond acceptors (Lipinski definition) is 4. The van der Waals surface area contributed by atoms with Crippen molar-refractivity contribution in [1.82, 2.24) is 0 Å². The Morgan fingerprint density at radius 3 is 2.56 bits per heavy atom. The number of nitrogens with two attached hydrogens (primary N) is 1. The van der Waals surface area contributed by atoms with Gasteiger partial charge in [-0.3, -0.25) is 0 Å². The zero-order chi connectivity index (χ0) is 14.0. The molecule has 98 valence electrons. The number of nitriles is 1. The van der Waals surface area contributed by atoms with Crippen LogP contribution in [0, 0.1) is 23.7 Å². The average molecular weight is 266 g/mol. The molecule has 0 aliphatic rings. The number of rotatable bonds is 4. The van der Waals surface area contributed by atoms with Crippen LogP contribution in [0.3, 0.4) is 0 Å². The second kappa shape index (κ2) is 4.99. The molecule has 0 aliphatic heterocycles. The Balaban J connectivity index is 3.02. The monoisotopic (exact) mass is 266 g/mol. The Bertz CT molecular complexity index is 583. The quantitative estimate of drug-likeness (QED) is 0.847. The molecule has 18 heavy (non-hydrogen) atoms. The van der Waals surface area contributed by atoms with E-state index in [2.05, 4.69) is 6.07 Å². The fourth-order valence-corrected chi connectivity index (χ4v) is 3.39. The van der Waals surface area contributed by atoms with E-state index >= 15 is 0 Å². The molecule has 0 aromatic heterocycles.